The van der Waals surface area contributed by atoms with Gasteiger partial charge in [0.15, 0.2) is 0 Å². The van der Waals surface area contributed by atoms with Gasteiger partial charge in [0.25, 0.3) is 0 Å². The lowest BCUT2D eigenvalue weighted by molar-refractivity contribution is 0.237. The molecule has 0 aromatic heterocycles. The molecule has 1 saturated heterocycles. The molecule has 1 fully saturated rings. The summed E-state index contributed by atoms with van der Waals surface area (Å²) in [6.45, 7) is 5.55. The fourth-order valence-electron chi connectivity index (χ4n) is 1.56. The van der Waals surface area contributed by atoms with Crippen LogP contribution in [0.2, 0.25) is 0 Å². The first-order chi connectivity index (χ1) is 6.33. The first-order valence-corrected chi connectivity index (χ1v) is 5.05. The molecular weight excluding hydrogens is 166 g/mol. The molecule has 2 amide bonds. The summed E-state index contributed by atoms with van der Waals surface area (Å²) in [5.74, 6) is 0.608. The van der Waals surface area contributed by atoms with Gasteiger partial charge in [0.05, 0.1) is 0 Å². The largest absolute Gasteiger partial charge is 0.338 e. The predicted octanol–water partition coefficient (Wildman–Crippen LogP) is 0.305. The smallest absolute Gasteiger partial charge is 0.314 e. The van der Waals surface area contributed by atoms with Crippen molar-refractivity contribution in [3.05, 3.63) is 0 Å². The number of amides is 2. The van der Waals surface area contributed by atoms with Gasteiger partial charge in [-0.1, -0.05) is 0 Å². The second-order valence-electron chi connectivity index (χ2n) is 3.45. The van der Waals surface area contributed by atoms with Gasteiger partial charge in [0.1, 0.15) is 0 Å². The molecule has 0 saturated carbocycles. The number of carbonyl (C=O) groups is 1. The number of piperidine rings is 1. The maximum absolute atomic E-state index is 11.0. The number of nitrogens with one attached hydrogen (secondary N) is 3. The van der Waals surface area contributed by atoms with E-state index in [1.54, 1.807) is 0 Å². The SMILES string of the molecule is CCNC(=O)NCC1CCCNC1. The van der Waals surface area contributed by atoms with E-state index < -0.39 is 0 Å². The molecule has 4 nitrogen and oxygen atoms in total. The van der Waals surface area contributed by atoms with Crippen LogP contribution in [0.1, 0.15) is 19.8 Å². The Labute approximate surface area is 79.5 Å². The standard InChI is InChI=1S/C9H19N3O/c1-2-11-9(13)12-7-8-4-3-5-10-6-8/h8,10H,2-7H2,1H3,(H2,11,12,13). The van der Waals surface area contributed by atoms with Crippen molar-refractivity contribution in [3.8, 4) is 0 Å². The number of urea groups is 1. The van der Waals surface area contributed by atoms with Crippen molar-refractivity contribution in [1.29, 1.82) is 0 Å². The maximum Gasteiger partial charge on any atom is 0.314 e. The quantitative estimate of drug-likeness (QED) is 0.592. The highest BCUT2D eigenvalue weighted by Crippen LogP contribution is 2.07. The second-order valence-corrected chi connectivity index (χ2v) is 3.45. The van der Waals surface area contributed by atoms with Crippen molar-refractivity contribution in [2.75, 3.05) is 26.2 Å². The zero-order valence-corrected chi connectivity index (χ0v) is 8.23. The number of rotatable bonds is 3. The predicted molar refractivity (Wildman–Crippen MR) is 52.7 cm³/mol. The fraction of sp³-hybridized carbons (Fsp3) is 0.889. The van der Waals surface area contributed by atoms with Crippen LogP contribution >= 0.6 is 0 Å². The Morgan fingerprint density at radius 2 is 2.38 bits per heavy atom. The summed E-state index contributed by atoms with van der Waals surface area (Å²) < 4.78 is 0. The highest BCUT2D eigenvalue weighted by molar-refractivity contribution is 5.73. The van der Waals surface area contributed by atoms with Crippen molar-refractivity contribution in [3.63, 3.8) is 0 Å². The van der Waals surface area contributed by atoms with Crippen LogP contribution in [0.5, 0.6) is 0 Å². The van der Waals surface area contributed by atoms with E-state index in [-0.39, 0.29) is 6.03 Å². The van der Waals surface area contributed by atoms with Gasteiger partial charge in [-0.3, -0.25) is 0 Å². The zero-order valence-electron chi connectivity index (χ0n) is 8.23. The molecule has 1 heterocycles. The van der Waals surface area contributed by atoms with Gasteiger partial charge < -0.3 is 16.0 Å². The maximum atomic E-state index is 11.0. The van der Waals surface area contributed by atoms with E-state index in [0.717, 1.165) is 19.6 Å². The van der Waals surface area contributed by atoms with Gasteiger partial charge >= 0.3 is 6.03 Å². The summed E-state index contributed by atoms with van der Waals surface area (Å²) in [5.41, 5.74) is 0. The molecular formula is C9H19N3O. The minimum Gasteiger partial charge on any atom is -0.338 e. The van der Waals surface area contributed by atoms with Gasteiger partial charge in [0.2, 0.25) is 0 Å². The van der Waals surface area contributed by atoms with E-state index >= 15 is 0 Å². The molecule has 4 heteroatoms. The van der Waals surface area contributed by atoms with Crippen LogP contribution in [0, 0.1) is 5.92 Å². The van der Waals surface area contributed by atoms with Crippen molar-refractivity contribution < 1.29 is 4.79 Å². The Hall–Kier alpha value is -0.770. The van der Waals surface area contributed by atoms with Crippen molar-refractivity contribution >= 4 is 6.03 Å². The molecule has 3 N–H and O–H groups in total. The lowest BCUT2D eigenvalue weighted by Gasteiger charge is -2.22. The van der Waals surface area contributed by atoms with E-state index in [1.165, 1.54) is 12.8 Å². The van der Waals surface area contributed by atoms with E-state index in [4.69, 9.17) is 0 Å². The second kappa shape index (κ2) is 5.80. The highest BCUT2D eigenvalue weighted by Gasteiger charge is 2.12. The average Bonchev–Trinajstić information content (AvgIpc) is 2.17. The molecule has 1 aliphatic heterocycles. The Morgan fingerprint density at radius 1 is 1.54 bits per heavy atom. The molecule has 0 radical (unpaired) electrons. The summed E-state index contributed by atoms with van der Waals surface area (Å²) in [7, 11) is 0. The molecule has 1 rings (SSSR count). The Morgan fingerprint density at radius 3 is 3.00 bits per heavy atom. The van der Waals surface area contributed by atoms with Gasteiger partial charge in [-0.25, -0.2) is 4.79 Å². The summed E-state index contributed by atoms with van der Waals surface area (Å²) in [6, 6.07) is -0.0481. The highest BCUT2D eigenvalue weighted by atomic mass is 16.2. The summed E-state index contributed by atoms with van der Waals surface area (Å²) >= 11 is 0. The monoisotopic (exact) mass is 185 g/mol. The molecule has 0 aliphatic carbocycles. The van der Waals surface area contributed by atoms with Crippen LogP contribution in [0.25, 0.3) is 0 Å². The fourth-order valence-corrected chi connectivity index (χ4v) is 1.56. The van der Waals surface area contributed by atoms with Crippen molar-refractivity contribution in [1.82, 2.24) is 16.0 Å². The molecule has 1 atom stereocenters. The van der Waals surface area contributed by atoms with Gasteiger partial charge in [0, 0.05) is 13.1 Å². The molecule has 0 aromatic rings. The first kappa shape index (κ1) is 10.3. The van der Waals surface area contributed by atoms with Gasteiger partial charge in [-0.05, 0) is 38.8 Å². The first-order valence-electron chi connectivity index (χ1n) is 5.05. The molecule has 0 spiro atoms. The van der Waals surface area contributed by atoms with Gasteiger partial charge in [-0.15, -0.1) is 0 Å². The summed E-state index contributed by atoms with van der Waals surface area (Å²) in [4.78, 5) is 11.0. The number of hydrogen-bond acceptors (Lipinski definition) is 2. The van der Waals surface area contributed by atoms with Crippen LogP contribution in [0.4, 0.5) is 4.79 Å². The third-order valence-electron chi connectivity index (χ3n) is 2.29. The third kappa shape index (κ3) is 4.12. The Balaban J connectivity index is 2.06. The molecule has 1 unspecified atom stereocenters. The van der Waals surface area contributed by atoms with E-state index in [2.05, 4.69) is 16.0 Å². The Kier molecular flexibility index (Phi) is 4.60. The molecule has 0 bridgehead atoms. The molecule has 76 valence electrons. The Bertz CT molecular complexity index is 155. The summed E-state index contributed by atoms with van der Waals surface area (Å²) in [5, 5.41) is 8.90. The van der Waals surface area contributed by atoms with E-state index in [9.17, 15) is 4.79 Å². The minimum atomic E-state index is -0.0481. The number of hydrogen-bond donors (Lipinski definition) is 3. The van der Waals surface area contributed by atoms with E-state index in [0.29, 0.717) is 12.5 Å². The van der Waals surface area contributed by atoms with Crippen LogP contribution < -0.4 is 16.0 Å². The van der Waals surface area contributed by atoms with Gasteiger partial charge in [-0.2, -0.15) is 0 Å². The van der Waals surface area contributed by atoms with Crippen LogP contribution in [0.3, 0.4) is 0 Å². The van der Waals surface area contributed by atoms with Crippen LogP contribution in [-0.2, 0) is 0 Å². The minimum absolute atomic E-state index is 0.0481. The van der Waals surface area contributed by atoms with Crippen LogP contribution in [-0.4, -0.2) is 32.2 Å². The number of carbonyl (C=O) groups excluding carboxylic acids is 1. The third-order valence-corrected chi connectivity index (χ3v) is 2.29. The van der Waals surface area contributed by atoms with E-state index in [1.807, 2.05) is 6.92 Å². The van der Waals surface area contributed by atoms with Crippen molar-refractivity contribution in [2.24, 2.45) is 5.92 Å². The zero-order chi connectivity index (χ0) is 9.52. The lowest BCUT2D eigenvalue weighted by Crippen LogP contribution is -2.42. The molecule has 1 aliphatic rings. The molecule has 0 aromatic carbocycles. The lowest BCUT2D eigenvalue weighted by atomic mass is 10.00. The summed E-state index contributed by atoms with van der Waals surface area (Å²) in [6.07, 6.45) is 2.45. The molecule has 13 heavy (non-hydrogen) atoms. The normalized spacial score (nSPS) is 22.4. The van der Waals surface area contributed by atoms with Crippen molar-refractivity contribution in [2.45, 2.75) is 19.8 Å². The topological polar surface area (TPSA) is 53.2 Å². The average molecular weight is 185 g/mol. The van der Waals surface area contributed by atoms with Crippen LogP contribution in [0.15, 0.2) is 0 Å².